The van der Waals surface area contributed by atoms with Crippen LogP contribution in [0.1, 0.15) is 51.2 Å². The molecule has 0 spiro atoms. The second kappa shape index (κ2) is 9.59. The first-order valence-corrected chi connectivity index (χ1v) is 11.7. The molecular weight excluding hydrogens is 364 g/mol. The number of piperidine rings is 1. The highest BCUT2D eigenvalue weighted by Gasteiger charge is 2.34. The zero-order chi connectivity index (χ0) is 19.1. The lowest BCUT2D eigenvalue weighted by Crippen LogP contribution is -2.52. The number of aliphatic imine (C=N–C) groups is 1. The molecule has 1 aliphatic carbocycles. The average molecular weight is 397 g/mol. The SMILES string of the molecule is CCNC(=NCCc1ccco1)N1CCCC(S(=O)(=O)NC2CCCC2)C1. The Balaban J connectivity index is 1.60. The zero-order valence-electron chi connectivity index (χ0n) is 16.2. The summed E-state index contributed by atoms with van der Waals surface area (Å²) in [5, 5.41) is 2.93. The Bertz CT molecular complexity index is 697. The van der Waals surface area contributed by atoms with E-state index < -0.39 is 10.0 Å². The van der Waals surface area contributed by atoms with E-state index in [2.05, 4.69) is 19.9 Å². The van der Waals surface area contributed by atoms with E-state index in [1.807, 2.05) is 19.1 Å². The highest BCUT2D eigenvalue weighted by Crippen LogP contribution is 2.22. The van der Waals surface area contributed by atoms with Crippen molar-refractivity contribution in [3.8, 4) is 0 Å². The van der Waals surface area contributed by atoms with Crippen molar-refractivity contribution in [2.24, 2.45) is 4.99 Å². The summed E-state index contributed by atoms with van der Waals surface area (Å²) >= 11 is 0. The summed E-state index contributed by atoms with van der Waals surface area (Å²) in [6, 6.07) is 3.95. The van der Waals surface area contributed by atoms with E-state index in [0.29, 0.717) is 19.5 Å². The van der Waals surface area contributed by atoms with E-state index >= 15 is 0 Å². The third kappa shape index (κ3) is 5.72. The molecule has 7 nitrogen and oxygen atoms in total. The van der Waals surface area contributed by atoms with Crippen LogP contribution >= 0.6 is 0 Å². The topological polar surface area (TPSA) is 86.9 Å². The Labute approximate surface area is 162 Å². The molecule has 2 aliphatic rings. The van der Waals surface area contributed by atoms with Crippen molar-refractivity contribution in [3.05, 3.63) is 24.2 Å². The minimum atomic E-state index is -3.29. The number of sulfonamides is 1. The predicted octanol–water partition coefficient (Wildman–Crippen LogP) is 2.11. The van der Waals surface area contributed by atoms with Crippen LogP contribution in [-0.4, -0.2) is 56.7 Å². The second-order valence-electron chi connectivity index (χ2n) is 7.42. The van der Waals surface area contributed by atoms with Gasteiger partial charge in [0.2, 0.25) is 10.0 Å². The normalized spacial score (nSPS) is 22.3. The molecule has 1 unspecified atom stereocenters. The second-order valence-corrected chi connectivity index (χ2v) is 9.41. The largest absolute Gasteiger partial charge is 0.469 e. The molecule has 1 aromatic heterocycles. The maximum absolute atomic E-state index is 12.8. The minimum absolute atomic E-state index is 0.126. The minimum Gasteiger partial charge on any atom is -0.469 e. The van der Waals surface area contributed by atoms with Crippen LogP contribution in [0.5, 0.6) is 0 Å². The highest BCUT2D eigenvalue weighted by atomic mass is 32.2. The summed E-state index contributed by atoms with van der Waals surface area (Å²) in [6.07, 6.45) is 8.15. The predicted molar refractivity (Wildman–Crippen MR) is 107 cm³/mol. The van der Waals surface area contributed by atoms with Gasteiger partial charge in [0, 0.05) is 38.6 Å². The van der Waals surface area contributed by atoms with Crippen molar-refractivity contribution in [1.29, 1.82) is 0 Å². The zero-order valence-corrected chi connectivity index (χ0v) is 17.0. The van der Waals surface area contributed by atoms with Gasteiger partial charge < -0.3 is 14.6 Å². The van der Waals surface area contributed by atoms with Crippen LogP contribution in [0.15, 0.2) is 27.8 Å². The Morgan fingerprint density at radius 2 is 2.11 bits per heavy atom. The summed E-state index contributed by atoms with van der Waals surface area (Å²) in [7, 11) is -3.29. The van der Waals surface area contributed by atoms with E-state index in [9.17, 15) is 8.42 Å². The summed E-state index contributed by atoms with van der Waals surface area (Å²) in [5.74, 6) is 1.71. The average Bonchev–Trinajstić information content (AvgIpc) is 3.35. The van der Waals surface area contributed by atoms with Crippen LogP contribution in [0.2, 0.25) is 0 Å². The van der Waals surface area contributed by atoms with Crippen molar-refractivity contribution >= 4 is 16.0 Å². The number of guanidine groups is 1. The standard InChI is InChI=1S/C19H32N4O3S/c1-2-20-19(21-12-11-17-9-6-14-26-17)23-13-5-10-18(15-23)27(24,25)22-16-7-3-4-8-16/h6,9,14,16,18,22H,2-5,7-8,10-13,15H2,1H3,(H,20,21). The molecule has 152 valence electrons. The van der Waals surface area contributed by atoms with Crippen LogP contribution in [0, 0.1) is 0 Å². The summed E-state index contributed by atoms with van der Waals surface area (Å²) < 4.78 is 34.0. The number of rotatable bonds is 7. The summed E-state index contributed by atoms with van der Waals surface area (Å²) in [4.78, 5) is 6.78. The molecule has 1 aliphatic heterocycles. The van der Waals surface area contributed by atoms with E-state index in [1.54, 1.807) is 6.26 Å². The fourth-order valence-electron chi connectivity index (χ4n) is 3.91. The quantitative estimate of drug-likeness (QED) is 0.544. The Morgan fingerprint density at radius 3 is 2.81 bits per heavy atom. The van der Waals surface area contributed by atoms with E-state index in [4.69, 9.17) is 4.42 Å². The first-order valence-electron chi connectivity index (χ1n) is 10.2. The monoisotopic (exact) mass is 396 g/mol. The number of furan rings is 1. The van der Waals surface area contributed by atoms with Crippen molar-refractivity contribution in [2.75, 3.05) is 26.2 Å². The van der Waals surface area contributed by atoms with Gasteiger partial charge >= 0.3 is 0 Å². The Kier molecular flexibility index (Phi) is 7.18. The van der Waals surface area contributed by atoms with Gasteiger partial charge in [-0.3, -0.25) is 4.99 Å². The van der Waals surface area contributed by atoms with E-state index in [0.717, 1.165) is 63.3 Å². The fraction of sp³-hybridized carbons (Fsp3) is 0.737. The molecule has 1 aromatic rings. The number of nitrogens with zero attached hydrogens (tertiary/aromatic N) is 2. The molecule has 0 aromatic carbocycles. The summed E-state index contributed by atoms with van der Waals surface area (Å²) in [5.41, 5.74) is 0. The van der Waals surface area contributed by atoms with Crippen LogP contribution in [-0.2, 0) is 16.4 Å². The molecule has 8 heteroatoms. The van der Waals surface area contributed by atoms with Crippen molar-refractivity contribution in [1.82, 2.24) is 14.9 Å². The Hall–Kier alpha value is -1.54. The van der Waals surface area contributed by atoms with Crippen molar-refractivity contribution in [3.63, 3.8) is 0 Å². The lowest BCUT2D eigenvalue weighted by atomic mass is 10.1. The molecule has 2 N–H and O–H groups in total. The van der Waals surface area contributed by atoms with Gasteiger partial charge in [-0.05, 0) is 44.7 Å². The van der Waals surface area contributed by atoms with Crippen LogP contribution < -0.4 is 10.0 Å². The molecule has 1 saturated heterocycles. The number of nitrogens with one attached hydrogen (secondary N) is 2. The lowest BCUT2D eigenvalue weighted by molar-refractivity contribution is 0.329. The number of hydrogen-bond acceptors (Lipinski definition) is 4. The molecule has 0 amide bonds. The van der Waals surface area contributed by atoms with Gasteiger partial charge in [0.05, 0.1) is 11.5 Å². The lowest BCUT2D eigenvalue weighted by Gasteiger charge is -2.35. The first-order chi connectivity index (χ1) is 13.1. The smallest absolute Gasteiger partial charge is 0.216 e. The maximum atomic E-state index is 12.8. The highest BCUT2D eigenvalue weighted by molar-refractivity contribution is 7.90. The van der Waals surface area contributed by atoms with Gasteiger partial charge in [-0.2, -0.15) is 0 Å². The van der Waals surface area contributed by atoms with Crippen molar-refractivity contribution < 1.29 is 12.8 Å². The third-order valence-corrected chi connectivity index (χ3v) is 7.26. The van der Waals surface area contributed by atoms with Gasteiger partial charge in [-0.1, -0.05) is 12.8 Å². The van der Waals surface area contributed by atoms with Gasteiger partial charge in [0.25, 0.3) is 0 Å². The summed E-state index contributed by atoms with van der Waals surface area (Å²) in [6.45, 7) is 4.73. The number of likely N-dealkylation sites (tertiary alicyclic amines) is 1. The molecule has 2 fully saturated rings. The maximum Gasteiger partial charge on any atom is 0.216 e. The van der Waals surface area contributed by atoms with Crippen LogP contribution in [0.25, 0.3) is 0 Å². The van der Waals surface area contributed by atoms with Crippen molar-refractivity contribution in [2.45, 2.75) is 63.2 Å². The molecule has 1 atom stereocenters. The van der Waals surface area contributed by atoms with Gasteiger partial charge in [-0.15, -0.1) is 0 Å². The van der Waals surface area contributed by atoms with E-state index in [1.165, 1.54) is 0 Å². The first kappa shape index (κ1) is 20.2. The molecule has 27 heavy (non-hydrogen) atoms. The third-order valence-electron chi connectivity index (χ3n) is 5.34. The molecule has 0 bridgehead atoms. The number of hydrogen-bond donors (Lipinski definition) is 2. The van der Waals surface area contributed by atoms with E-state index in [-0.39, 0.29) is 11.3 Å². The van der Waals surface area contributed by atoms with Gasteiger partial charge in [-0.25, -0.2) is 13.1 Å². The van der Waals surface area contributed by atoms with Crippen LogP contribution in [0.3, 0.4) is 0 Å². The van der Waals surface area contributed by atoms with Crippen LogP contribution in [0.4, 0.5) is 0 Å². The molecule has 2 heterocycles. The molecular formula is C19H32N4O3S. The molecule has 0 radical (unpaired) electrons. The molecule has 3 rings (SSSR count). The molecule has 1 saturated carbocycles. The fourth-order valence-corrected chi connectivity index (χ4v) is 5.65. The van der Waals surface area contributed by atoms with Gasteiger partial charge in [0.15, 0.2) is 5.96 Å². The Morgan fingerprint density at radius 1 is 1.30 bits per heavy atom. The van der Waals surface area contributed by atoms with Gasteiger partial charge in [0.1, 0.15) is 5.76 Å².